The van der Waals surface area contributed by atoms with E-state index in [0.29, 0.717) is 5.56 Å². The van der Waals surface area contributed by atoms with Gasteiger partial charge >= 0.3 is 0 Å². The van der Waals surface area contributed by atoms with E-state index in [0.717, 1.165) is 12.0 Å². The highest BCUT2D eigenvalue weighted by atomic mass is 19.1. The lowest BCUT2D eigenvalue weighted by molar-refractivity contribution is 0.412. The van der Waals surface area contributed by atoms with E-state index in [9.17, 15) is 9.50 Å². The molecule has 0 radical (unpaired) electrons. The molecule has 0 aromatic heterocycles. The zero-order valence-electron chi connectivity index (χ0n) is 7.63. The lowest BCUT2D eigenvalue weighted by Crippen LogP contribution is -2.12. The van der Waals surface area contributed by atoms with E-state index in [2.05, 4.69) is 0 Å². The summed E-state index contributed by atoms with van der Waals surface area (Å²) in [6, 6.07) is 4.53. The second kappa shape index (κ2) is 4.23. The fourth-order valence-corrected chi connectivity index (χ4v) is 1.28. The summed E-state index contributed by atoms with van der Waals surface area (Å²) in [7, 11) is 0. The average Bonchev–Trinajstić information content (AvgIpc) is 2.17. The van der Waals surface area contributed by atoms with Crippen LogP contribution >= 0.6 is 0 Å². The van der Waals surface area contributed by atoms with Crippen molar-refractivity contribution in [1.82, 2.24) is 0 Å². The summed E-state index contributed by atoms with van der Waals surface area (Å²) in [6.07, 6.45) is 0.721. The molecule has 3 N–H and O–H groups in total. The van der Waals surface area contributed by atoms with E-state index in [-0.39, 0.29) is 5.75 Å². The number of para-hydroxylation sites is 1. The number of halogens is 1. The smallest absolute Gasteiger partial charge is 0.123 e. The minimum Gasteiger partial charge on any atom is -0.507 e. The van der Waals surface area contributed by atoms with Gasteiger partial charge in [0, 0.05) is 5.56 Å². The Bertz CT molecular complexity index is 288. The first-order valence-corrected chi connectivity index (χ1v) is 4.33. The molecule has 1 aromatic rings. The lowest BCUT2D eigenvalue weighted by Gasteiger charge is -2.12. The topological polar surface area (TPSA) is 46.2 Å². The quantitative estimate of drug-likeness (QED) is 0.752. The van der Waals surface area contributed by atoms with Gasteiger partial charge in [-0.15, -0.1) is 0 Å². The van der Waals surface area contributed by atoms with Crippen LogP contribution in [0.3, 0.4) is 0 Å². The van der Waals surface area contributed by atoms with Crippen LogP contribution in [0.2, 0.25) is 0 Å². The molecule has 0 unspecified atom stereocenters. The maximum Gasteiger partial charge on any atom is 0.123 e. The number of rotatable bonds is 3. The number of phenolic OH excluding ortho intramolecular Hbond substituents is 1. The van der Waals surface area contributed by atoms with Crippen LogP contribution < -0.4 is 5.73 Å². The van der Waals surface area contributed by atoms with Gasteiger partial charge in [0.15, 0.2) is 0 Å². The summed E-state index contributed by atoms with van der Waals surface area (Å²) in [5, 5.41) is 9.64. The fraction of sp³-hybridized carbons (Fsp3) is 0.400. The number of nitrogens with two attached hydrogens (primary N) is 1. The monoisotopic (exact) mass is 183 g/mol. The Balaban J connectivity index is 3.08. The summed E-state index contributed by atoms with van der Waals surface area (Å²) >= 11 is 0. The van der Waals surface area contributed by atoms with Crippen molar-refractivity contribution >= 4 is 0 Å². The van der Waals surface area contributed by atoms with Crippen LogP contribution in [0.25, 0.3) is 0 Å². The van der Waals surface area contributed by atoms with Gasteiger partial charge in [0.05, 0.1) is 6.04 Å². The zero-order valence-corrected chi connectivity index (χ0v) is 7.63. The van der Waals surface area contributed by atoms with Crippen LogP contribution in [0.1, 0.15) is 24.1 Å². The van der Waals surface area contributed by atoms with Gasteiger partial charge in [0.1, 0.15) is 12.4 Å². The van der Waals surface area contributed by atoms with Crippen molar-refractivity contribution in [3.63, 3.8) is 0 Å². The molecular weight excluding hydrogens is 169 g/mol. The molecule has 0 bridgehead atoms. The van der Waals surface area contributed by atoms with E-state index in [4.69, 9.17) is 5.73 Å². The summed E-state index contributed by atoms with van der Waals surface area (Å²) in [5.74, 6) is 0.134. The molecule has 0 saturated carbocycles. The van der Waals surface area contributed by atoms with E-state index in [1.165, 1.54) is 0 Å². The maximum atomic E-state index is 12.3. The van der Waals surface area contributed by atoms with Gasteiger partial charge in [-0.05, 0) is 12.0 Å². The zero-order chi connectivity index (χ0) is 9.84. The summed E-state index contributed by atoms with van der Waals surface area (Å²) in [5.41, 5.74) is 6.78. The highest BCUT2D eigenvalue weighted by Crippen LogP contribution is 2.27. The maximum absolute atomic E-state index is 12.3. The van der Waals surface area contributed by atoms with Gasteiger partial charge < -0.3 is 10.8 Å². The Morgan fingerprint density at radius 2 is 2.23 bits per heavy atom. The van der Waals surface area contributed by atoms with Crippen molar-refractivity contribution in [2.75, 3.05) is 6.67 Å². The van der Waals surface area contributed by atoms with Crippen LogP contribution in [-0.2, 0) is 6.42 Å². The van der Waals surface area contributed by atoms with Gasteiger partial charge in [0.25, 0.3) is 0 Å². The highest BCUT2D eigenvalue weighted by Gasteiger charge is 2.12. The third-order valence-electron chi connectivity index (χ3n) is 2.10. The molecule has 0 aliphatic heterocycles. The average molecular weight is 183 g/mol. The summed E-state index contributed by atoms with van der Waals surface area (Å²) < 4.78 is 12.3. The van der Waals surface area contributed by atoms with E-state index in [1.807, 2.05) is 13.0 Å². The van der Waals surface area contributed by atoms with Crippen LogP contribution in [0.5, 0.6) is 5.75 Å². The molecule has 3 heteroatoms. The molecule has 0 saturated heterocycles. The molecule has 0 aliphatic carbocycles. The third kappa shape index (κ3) is 1.98. The first kappa shape index (κ1) is 9.99. The van der Waals surface area contributed by atoms with Crippen LogP contribution in [0.4, 0.5) is 4.39 Å². The molecular formula is C10H14FNO. The number of benzene rings is 1. The van der Waals surface area contributed by atoms with Crippen molar-refractivity contribution in [2.24, 2.45) is 5.73 Å². The molecule has 0 fully saturated rings. The lowest BCUT2D eigenvalue weighted by atomic mass is 10.0. The molecule has 0 heterocycles. The van der Waals surface area contributed by atoms with Gasteiger partial charge in [0.2, 0.25) is 0 Å². The standard InChI is InChI=1S/C10H14FNO/c1-2-7-4-3-5-8(10(7)13)9(12)6-11/h3-5,9,13H,2,6,12H2,1H3/t9-/m1/s1. The Hall–Kier alpha value is -1.09. The minimum absolute atomic E-state index is 0.134. The Morgan fingerprint density at radius 1 is 1.54 bits per heavy atom. The predicted molar refractivity (Wildman–Crippen MR) is 50.4 cm³/mol. The fourth-order valence-electron chi connectivity index (χ4n) is 1.28. The van der Waals surface area contributed by atoms with Gasteiger partial charge in [-0.25, -0.2) is 4.39 Å². The SMILES string of the molecule is CCc1cccc([C@H](N)CF)c1O. The Morgan fingerprint density at radius 3 is 2.77 bits per heavy atom. The van der Waals surface area contributed by atoms with Crippen LogP contribution in [0, 0.1) is 0 Å². The van der Waals surface area contributed by atoms with Gasteiger partial charge in [-0.3, -0.25) is 0 Å². The summed E-state index contributed by atoms with van der Waals surface area (Å²) in [6.45, 7) is 1.28. The molecule has 2 nitrogen and oxygen atoms in total. The van der Waals surface area contributed by atoms with Gasteiger partial charge in [-0.1, -0.05) is 25.1 Å². The van der Waals surface area contributed by atoms with Crippen LogP contribution in [-0.4, -0.2) is 11.8 Å². The second-order valence-corrected chi connectivity index (χ2v) is 2.97. The predicted octanol–water partition coefficient (Wildman–Crippen LogP) is 1.92. The van der Waals surface area contributed by atoms with Crippen LogP contribution in [0.15, 0.2) is 18.2 Å². The Kier molecular flexibility index (Phi) is 3.25. The molecule has 1 atom stereocenters. The van der Waals surface area contributed by atoms with Crippen molar-refractivity contribution in [1.29, 1.82) is 0 Å². The Labute approximate surface area is 77.2 Å². The van der Waals surface area contributed by atoms with Crippen molar-refractivity contribution in [3.8, 4) is 5.75 Å². The molecule has 72 valence electrons. The first-order valence-electron chi connectivity index (χ1n) is 4.33. The molecule has 13 heavy (non-hydrogen) atoms. The summed E-state index contributed by atoms with van der Waals surface area (Å²) in [4.78, 5) is 0. The van der Waals surface area contributed by atoms with Gasteiger partial charge in [-0.2, -0.15) is 0 Å². The second-order valence-electron chi connectivity index (χ2n) is 2.97. The molecule has 0 aliphatic rings. The number of hydrogen-bond acceptors (Lipinski definition) is 2. The number of hydrogen-bond donors (Lipinski definition) is 2. The number of alkyl halides is 1. The first-order chi connectivity index (χ1) is 6.20. The molecule has 0 amide bonds. The minimum atomic E-state index is -0.716. The van der Waals surface area contributed by atoms with E-state index >= 15 is 0 Å². The third-order valence-corrected chi connectivity index (χ3v) is 2.10. The highest BCUT2D eigenvalue weighted by molar-refractivity contribution is 5.42. The van der Waals surface area contributed by atoms with Crippen molar-refractivity contribution < 1.29 is 9.50 Å². The number of phenols is 1. The molecule has 1 aromatic carbocycles. The largest absolute Gasteiger partial charge is 0.507 e. The molecule has 0 spiro atoms. The van der Waals surface area contributed by atoms with Crippen molar-refractivity contribution in [3.05, 3.63) is 29.3 Å². The normalized spacial score (nSPS) is 12.8. The van der Waals surface area contributed by atoms with Crippen molar-refractivity contribution in [2.45, 2.75) is 19.4 Å². The molecule has 1 rings (SSSR count). The number of aryl methyl sites for hydroxylation is 1. The van der Waals surface area contributed by atoms with E-state index in [1.54, 1.807) is 12.1 Å². The number of aromatic hydroxyl groups is 1. The van der Waals surface area contributed by atoms with E-state index < -0.39 is 12.7 Å².